The number of hydrogen-bond donors (Lipinski definition) is 2. The maximum absolute atomic E-state index is 12.2. The number of H-pyrrole nitrogens is 1. The lowest BCUT2D eigenvalue weighted by Crippen LogP contribution is -2.29. The Hall–Kier alpha value is -1.36. The number of carbonyl (C=O) groups is 1. The minimum atomic E-state index is -0.0167. The first-order chi connectivity index (χ1) is 8.79. The van der Waals surface area contributed by atoms with Crippen LogP contribution in [0.2, 0.25) is 0 Å². The second-order valence-corrected chi connectivity index (χ2v) is 5.17. The van der Waals surface area contributed by atoms with Gasteiger partial charge in [-0.25, -0.2) is 0 Å². The molecule has 2 N–H and O–H groups in total. The second kappa shape index (κ2) is 4.72. The number of anilines is 1. The second-order valence-electron chi connectivity index (χ2n) is 5.17. The molecule has 1 aromatic rings. The van der Waals surface area contributed by atoms with Crippen LogP contribution in [0.15, 0.2) is 6.20 Å². The van der Waals surface area contributed by atoms with E-state index in [4.69, 9.17) is 4.74 Å². The summed E-state index contributed by atoms with van der Waals surface area (Å²) < 4.78 is 5.56. The fourth-order valence-corrected chi connectivity index (χ4v) is 2.66. The van der Waals surface area contributed by atoms with E-state index >= 15 is 0 Å². The highest BCUT2D eigenvalue weighted by Gasteiger charge is 2.34. The minimum Gasteiger partial charge on any atom is -0.377 e. The minimum absolute atomic E-state index is 0.0167. The predicted molar refractivity (Wildman–Crippen MR) is 67.3 cm³/mol. The first-order valence-corrected chi connectivity index (χ1v) is 6.75. The van der Waals surface area contributed by atoms with E-state index in [9.17, 15) is 4.79 Å². The van der Waals surface area contributed by atoms with Crippen molar-refractivity contribution >= 4 is 11.6 Å². The van der Waals surface area contributed by atoms with Crippen molar-refractivity contribution in [3.05, 3.63) is 11.9 Å². The average molecular weight is 249 g/mol. The number of aromatic amines is 1. The molecule has 5 nitrogen and oxygen atoms in total. The summed E-state index contributed by atoms with van der Waals surface area (Å²) in [5.74, 6) is 0.615. The summed E-state index contributed by atoms with van der Waals surface area (Å²) in [6, 6.07) is 0. The van der Waals surface area contributed by atoms with Gasteiger partial charge < -0.3 is 10.1 Å². The Morgan fingerprint density at radius 3 is 3.11 bits per heavy atom. The van der Waals surface area contributed by atoms with Crippen molar-refractivity contribution in [1.29, 1.82) is 0 Å². The van der Waals surface area contributed by atoms with Crippen molar-refractivity contribution in [2.45, 2.75) is 44.6 Å². The third-order valence-electron chi connectivity index (χ3n) is 3.86. The smallest absolute Gasteiger partial charge is 0.230 e. The summed E-state index contributed by atoms with van der Waals surface area (Å²) >= 11 is 0. The van der Waals surface area contributed by atoms with Crippen LogP contribution in [0.4, 0.5) is 5.69 Å². The number of amides is 1. The molecule has 1 aliphatic carbocycles. The van der Waals surface area contributed by atoms with Gasteiger partial charge in [0.05, 0.1) is 29.6 Å². The summed E-state index contributed by atoms with van der Waals surface area (Å²) in [7, 11) is 0. The maximum atomic E-state index is 12.2. The van der Waals surface area contributed by atoms with Crippen LogP contribution < -0.4 is 5.32 Å². The Balaban J connectivity index is 1.68. The third kappa shape index (κ3) is 2.14. The highest BCUT2D eigenvalue weighted by atomic mass is 16.5. The van der Waals surface area contributed by atoms with Gasteiger partial charge in [-0.05, 0) is 25.7 Å². The van der Waals surface area contributed by atoms with Crippen molar-refractivity contribution in [1.82, 2.24) is 10.2 Å². The fourth-order valence-electron chi connectivity index (χ4n) is 2.66. The molecule has 0 spiro atoms. The summed E-state index contributed by atoms with van der Waals surface area (Å²) in [6.45, 7) is 2.75. The van der Waals surface area contributed by atoms with E-state index < -0.39 is 0 Å². The molecule has 1 amide bonds. The molecule has 2 aliphatic rings. The summed E-state index contributed by atoms with van der Waals surface area (Å²) in [6.07, 6.45) is 5.87. The normalized spacial score (nSPS) is 27.4. The van der Waals surface area contributed by atoms with E-state index in [0.29, 0.717) is 12.5 Å². The molecule has 2 atom stereocenters. The van der Waals surface area contributed by atoms with Crippen LogP contribution >= 0.6 is 0 Å². The molecule has 1 saturated carbocycles. The standard InChI is InChI=1S/C13H19N3O2/c1-2-11-9(5-6-18-11)13(17)15-10-7-14-16-12(10)8-3-4-8/h7-9,11H,2-6H2,1H3,(H,14,16)(H,15,17)/t9-,11+/m1/s1. The highest BCUT2D eigenvalue weighted by Crippen LogP contribution is 2.42. The van der Waals surface area contributed by atoms with E-state index in [1.165, 1.54) is 12.8 Å². The molecule has 18 heavy (non-hydrogen) atoms. The van der Waals surface area contributed by atoms with Gasteiger partial charge in [-0.15, -0.1) is 0 Å². The highest BCUT2D eigenvalue weighted by molar-refractivity contribution is 5.93. The number of rotatable bonds is 4. The zero-order valence-corrected chi connectivity index (χ0v) is 10.6. The zero-order chi connectivity index (χ0) is 12.5. The van der Waals surface area contributed by atoms with E-state index in [-0.39, 0.29) is 17.9 Å². The molecule has 1 aliphatic heterocycles. The average Bonchev–Trinajstić information content (AvgIpc) is 2.93. The number of nitrogens with zero attached hydrogens (tertiary/aromatic N) is 1. The van der Waals surface area contributed by atoms with Crippen molar-refractivity contribution in [3.63, 3.8) is 0 Å². The van der Waals surface area contributed by atoms with E-state index in [1.807, 2.05) is 0 Å². The molecule has 0 bridgehead atoms. The summed E-state index contributed by atoms with van der Waals surface area (Å²) in [4.78, 5) is 12.2. The van der Waals surface area contributed by atoms with Gasteiger partial charge in [0.1, 0.15) is 0 Å². The van der Waals surface area contributed by atoms with Gasteiger partial charge in [0.2, 0.25) is 5.91 Å². The Bertz CT molecular complexity index is 439. The topological polar surface area (TPSA) is 67.0 Å². The first kappa shape index (κ1) is 11.7. The molecule has 2 heterocycles. The largest absolute Gasteiger partial charge is 0.377 e. The quantitative estimate of drug-likeness (QED) is 0.858. The van der Waals surface area contributed by atoms with E-state index in [1.54, 1.807) is 6.20 Å². The Labute approximate surface area is 106 Å². The van der Waals surface area contributed by atoms with E-state index in [2.05, 4.69) is 22.4 Å². The lowest BCUT2D eigenvalue weighted by atomic mass is 9.98. The molecule has 0 unspecified atom stereocenters. The molecule has 0 radical (unpaired) electrons. The summed E-state index contributed by atoms with van der Waals surface area (Å²) in [5, 5.41) is 10.0. The molecule has 1 aromatic heterocycles. The van der Waals surface area contributed by atoms with Crippen LogP contribution in [0.1, 0.15) is 44.2 Å². The zero-order valence-electron chi connectivity index (χ0n) is 10.6. The maximum Gasteiger partial charge on any atom is 0.230 e. The van der Waals surface area contributed by atoms with Crippen molar-refractivity contribution in [3.8, 4) is 0 Å². The number of nitrogens with one attached hydrogen (secondary N) is 2. The number of aromatic nitrogens is 2. The molecule has 5 heteroatoms. The van der Waals surface area contributed by atoms with Crippen LogP contribution in [0.5, 0.6) is 0 Å². The molecular formula is C13H19N3O2. The molecular weight excluding hydrogens is 230 g/mol. The number of hydrogen-bond acceptors (Lipinski definition) is 3. The van der Waals surface area contributed by atoms with Gasteiger partial charge in [-0.2, -0.15) is 5.10 Å². The van der Waals surface area contributed by atoms with Crippen molar-refractivity contribution in [2.75, 3.05) is 11.9 Å². The van der Waals surface area contributed by atoms with Gasteiger partial charge in [-0.3, -0.25) is 9.89 Å². The molecule has 1 saturated heterocycles. The Morgan fingerprint density at radius 2 is 2.39 bits per heavy atom. The summed E-state index contributed by atoms with van der Waals surface area (Å²) in [5.41, 5.74) is 1.93. The van der Waals surface area contributed by atoms with Crippen molar-refractivity contribution in [2.24, 2.45) is 5.92 Å². The van der Waals surface area contributed by atoms with Gasteiger partial charge in [0.25, 0.3) is 0 Å². The van der Waals surface area contributed by atoms with Crippen molar-refractivity contribution < 1.29 is 9.53 Å². The molecule has 3 rings (SSSR count). The first-order valence-electron chi connectivity index (χ1n) is 6.75. The number of ether oxygens (including phenoxy) is 1. The van der Waals surface area contributed by atoms with Gasteiger partial charge >= 0.3 is 0 Å². The van der Waals surface area contributed by atoms with Crippen LogP contribution in [0, 0.1) is 5.92 Å². The predicted octanol–water partition coefficient (Wildman–Crippen LogP) is 2.04. The SMILES string of the molecule is CC[C@@H]1OCC[C@H]1C(=O)Nc1cn[nH]c1C1CC1. The van der Waals surface area contributed by atoms with Crippen LogP contribution in [0.3, 0.4) is 0 Å². The molecule has 98 valence electrons. The number of carbonyl (C=O) groups excluding carboxylic acids is 1. The van der Waals surface area contributed by atoms with Crippen LogP contribution in [-0.2, 0) is 9.53 Å². The third-order valence-corrected chi connectivity index (χ3v) is 3.86. The van der Waals surface area contributed by atoms with Gasteiger partial charge in [0.15, 0.2) is 0 Å². The Kier molecular flexibility index (Phi) is 3.07. The fraction of sp³-hybridized carbons (Fsp3) is 0.692. The van der Waals surface area contributed by atoms with Crippen LogP contribution in [-0.4, -0.2) is 28.8 Å². The van der Waals surface area contributed by atoms with Gasteiger partial charge in [0, 0.05) is 12.5 Å². The lowest BCUT2D eigenvalue weighted by molar-refractivity contribution is -0.121. The molecule has 0 aromatic carbocycles. The van der Waals surface area contributed by atoms with Crippen LogP contribution in [0.25, 0.3) is 0 Å². The molecule has 2 fully saturated rings. The lowest BCUT2D eigenvalue weighted by Gasteiger charge is -2.16. The van der Waals surface area contributed by atoms with Gasteiger partial charge in [-0.1, -0.05) is 6.92 Å². The monoisotopic (exact) mass is 249 g/mol. The Morgan fingerprint density at radius 1 is 1.56 bits per heavy atom. The van der Waals surface area contributed by atoms with E-state index in [0.717, 1.165) is 24.2 Å².